The predicted molar refractivity (Wildman–Crippen MR) is 52.4 cm³/mol. The molecule has 0 fully saturated rings. The van der Waals surface area contributed by atoms with Gasteiger partial charge in [0.2, 0.25) is 10.0 Å². The Morgan fingerprint density at radius 3 is 2.62 bits per heavy atom. The highest BCUT2D eigenvalue weighted by molar-refractivity contribution is 7.89. The minimum absolute atomic E-state index is 0.200. The summed E-state index contributed by atoms with van der Waals surface area (Å²) in [5, 5.41) is 0.200. The van der Waals surface area contributed by atoms with Gasteiger partial charge in [0.25, 0.3) is 0 Å². The summed E-state index contributed by atoms with van der Waals surface area (Å²) >= 11 is 5.71. The van der Waals surface area contributed by atoms with Gasteiger partial charge in [0.05, 0.1) is 6.26 Å². The third-order valence-corrected chi connectivity index (χ3v) is 3.00. The van der Waals surface area contributed by atoms with Gasteiger partial charge in [-0.15, -0.1) is 0 Å². The van der Waals surface area contributed by atoms with Crippen molar-refractivity contribution in [1.82, 2.24) is 3.97 Å². The molecule has 6 heteroatoms. The Hall–Kier alpha value is -0.520. The van der Waals surface area contributed by atoms with Crippen LogP contribution in [0.15, 0.2) is 12.3 Å². The van der Waals surface area contributed by atoms with Crippen molar-refractivity contribution < 1.29 is 8.42 Å². The van der Waals surface area contributed by atoms with Crippen molar-refractivity contribution in [3.05, 3.63) is 23.0 Å². The van der Waals surface area contributed by atoms with E-state index in [0.29, 0.717) is 13.0 Å². The summed E-state index contributed by atoms with van der Waals surface area (Å²) in [6.45, 7) is 0.476. The van der Waals surface area contributed by atoms with Crippen LogP contribution in [-0.4, -0.2) is 25.2 Å². The van der Waals surface area contributed by atoms with Gasteiger partial charge in [-0.05, 0) is 24.6 Å². The van der Waals surface area contributed by atoms with Gasteiger partial charge in [-0.2, -0.15) is 0 Å². The molecule has 0 unspecified atom stereocenters. The van der Waals surface area contributed by atoms with Crippen molar-refractivity contribution in [2.75, 3.05) is 12.8 Å². The summed E-state index contributed by atoms with van der Waals surface area (Å²) in [5.74, 6) is 0. The first-order valence-corrected chi connectivity index (χ1v) is 5.95. The molecule has 0 amide bonds. The Bertz CT molecular complexity index is 397. The first kappa shape index (κ1) is 10.6. The molecular weight excluding hydrogens is 212 g/mol. The van der Waals surface area contributed by atoms with Crippen molar-refractivity contribution in [1.29, 1.82) is 0 Å². The van der Waals surface area contributed by atoms with Gasteiger partial charge in [0, 0.05) is 6.20 Å². The Morgan fingerprint density at radius 1 is 1.62 bits per heavy atom. The van der Waals surface area contributed by atoms with Gasteiger partial charge in [-0.3, -0.25) is 0 Å². The number of nitrogens with zero attached hydrogens (tertiary/aromatic N) is 1. The molecule has 1 heterocycles. The molecule has 1 aromatic heterocycles. The van der Waals surface area contributed by atoms with Crippen LogP contribution in [0.1, 0.15) is 5.56 Å². The smallest absolute Gasteiger partial charge is 0.236 e. The maximum Gasteiger partial charge on any atom is 0.236 e. The fraction of sp³-hybridized carbons (Fsp3) is 0.429. The van der Waals surface area contributed by atoms with Crippen LogP contribution in [0.3, 0.4) is 0 Å². The Labute approximate surface area is 82.3 Å². The molecule has 1 rings (SSSR count). The molecule has 0 saturated carbocycles. The van der Waals surface area contributed by atoms with Crippen LogP contribution in [0.5, 0.6) is 0 Å². The van der Waals surface area contributed by atoms with E-state index in [2.05, 4.69) is 0 Å². The third kappa shape index (κ3) is 2.46. The predicted octanol–water partition coefficient (Wildman–Crippen LogP) is 0.450. The molecule has 0 aliphatic carbocycles. The maximum absolute atomic E-state index is 11.1. The molecule has 74 valence electrons. The molecule has 0 spiro atoms. The Balaban J connectivity index is 3.11. The van der Waals surface area contributed by atoms with Crippen LogP contribution < -0.4 is 5.73 Å². The quantitative estimate of drug-likeness (QED) is 0.808. The zero-order chi connectivity index (χ0) is 10.1. The summed E-state index contributed by atoms with van der Waals surface area (Å²) in [6, 6.07) is 1.61. The number of halogens is 1. The zero-order valence-electron chi connectivity index (χ0n) is 7.20. The fourth-order valence-electron chi connectivity index (χ4n) is 1.02. The van der Waals surface area contributed by atoms with Crippen LogP contribution in [0.25, 0.3) is 0 Å². The van der Waals surface area contributed by atoms with E-state index in [9.17, 15) is 8.42 Å². The van der Waals surface area contributed by atoms with E-state index < -0.39 is 10.0 Å². The first-order valence-electron chi connectivity index (χ1n) is 3.72. The highest BCUT2D eigenvalue weighted by Gasteiger charge is 2.10. The average Bonchev–Trinajstić information content (AvgIpc) is 2.30. The minimum Gasteiger partial charge on any atom is -0.330 e. The molecule has 0 aliphatic heterocycles. The summed E-state index contributed by atoms with van der Waals surface area (Å²) in [7, 11) is -3.29. The molecule has 1 aromatic rings. The van der Waals surface area contributed by atoms with Gasteiger partial charge in [0.1, 0.15) is 5.15 Å². The van der Waals surface area contributed by atoms with Crippen LogP contribution >= 0.6 is 11.6 Å². The highest BCUT2D eigenvalue weighted by atomic mass is 35.5. The number of aromatic nitrogens is 1. The van der Waals surface area contributed by atoms with Crippen LogP contribution in [0.4, 0.5) is 0 Å². The van der Waals surface area contributed by atoms with Crippen LogP contribution in [0.2, 0.25) is 5.15 Å². The number of rotatable bonds is 3. The van der Waals surface area contributed by atoms with E-state index >= 15 is 0 Å². The molecule has 13 heavy (non-hydrogen) atoms. The van der Waals surface area contributed by atoms with Crippen molar-refractivity contribution in [3.8, 4) is 0 Å². The summed E-state index contributed by atoms with van der Waals surface area (Å²) in [5.41, 5.74) is 6.16. The second-order valence-corrected chi connectivity index (χ2v) is 5.02. The summed E-state index contributed by atoms with van der Waals surface area (Å²) in [6.07, 6.45) is 3.22. The number of nitrogens with two attached hydrogens (primary N) is 1. The van der Waals surface area contributed by atoms with Crippen LogP contribution in [0, 0.1) is 0 Å². The maximum atomic E-state index is 11.1. The lowest BCUT2D eigenvalue weighted by Crippen LogP contribution is -2.08. The van der Waals surface area contributed by atoms with Crippen molar-refractivity contribution in [2.24, 2.45) is 5.73 Å². The normalized spacial score (nSPS) is 11.9. The van der Waals surface area contributed by atoms with Gasteiger partial charge in [0.15, 0.2) is 0 Å². The van der Waals surface area contributed by atoms with E-state index in [1.54, 1.807) is 6.07 Å². The molecular formula is C7H11ClN2O2S. The van der Waals surface area contributed by atoms with Gasteiger partial charge in [-0.1, -0.05) is 11.6 Å². The molecule has 0 aliphatic rings. The first-order chi connectivity index (χ1) is 5.95. The standard InChI is InChI=1S/C7H11ClN2O2S/c1-13(11,12)10-5-6(2-3-9)4-7(10)8/h4-5H,2-3,9H2,1H3. The Morgan fingerprint density at radius 2 is 2.23 bits per heavy atom. The monoisotopic (exact) mass is 222 g/mol. The van der Waals surface area contributed by atoms with E-state index in [1.807, 2.05) is 0 Å². The van der Waals surface area contributed by atoms with Crippen molar-refractivity contribution >= 4 is 21.6 Å². The second kappa shape index (κ2) is 3.69. The third-order valence-electron chi connectivity index (χ3n) is 1.59. The molecule has 0 atom stereocenters. The fourth-order valence-corrected chi connectivity index (χ4v) is 2.29. The van der Waals surface area contributed by atoms with Gasteiger partial charge >= 0.3 is 0 Å². The lowest BCUT2D eigenvalue weighted by atomic mass is 10.2. The lowest BCUT2D eigenvalue weighted by molar-refractivity contribution is 0.593. The van der Waals surface area contributed by atoms with Crippen molar-refractivity contribution in [3.63, 3.8) is 0 Å². The molecule has 4 nitrogen and oxygen atoms in total. The molecule has 0 radical (unpaired) electrons. The lowest BCUT2D eigenvalue weighted by Gasteiger charge is -1.98. The topological polar surface area (TPSA) is 65.1 Å². The number of hydrogen-bond donors (Lipinski definition) is 1. The van der Waals surface area contributed by atoms with Gasteiger partial charge in [-0.25, -0.2) is 12.4 Å². The van der Waals surface area contributed by atoms with E-state index in [1.165, 1.54) is 6.20 Å². The zero-order valence-corrected chi connectivity index (χ0v) is 8.77. The Kier molecular flexibility index (Phi) is 3.00. The summed E-state index contributed by atoms with van der Waals surface area (Å²) < 4.78 is 23.3. The van der Waals surface area contributed by atoms with Crippen LogP contribution in [-0.2, 0) is 16.4 Å². The van der Waals surface area contributed by atoms with E-state index in [0.717, 1.165) is 15.8 Å². The van der Waals surface area contributed by atoms with Crippen molar-refractivity contribution in [2.45, 2.75) is 6.42 Å². The molecule has 0 saturated heterocycles. The van der Waals surface area contributed by atoms with Gasteiger partial charge < -0.3 is 5.73 Å². The van der Waals surface area contributed by atoms with E-state index in [4.69, 9.17) is 17.3 Å². The molecule has 0 bridgehead atoms. The molecule has 2 N–H and O–H groups in total. The largest absolute Gasteiger partial charge is 0.330 e. The minimum atomic E-state index is -3.29. The summed E-state index contributed by atoms with van der Waals surface area (Å²) in [4.78, 5) is 0. The SMILES string of the molecule is CS(=O)(=O)n1cc(CCN)cc1Cl. The molecule has 0 aromatic carbocycles. The van der Waals surface area contributed by atoms with E-state index in [-0.39, 0.29) is 5.15 Å². The number of hydrogen-bond acceptors (Lipinski definition) is 3. The highest BCUT2D eigenvalue weighted by Crippen LogP contribution is 2.16. The average molecular weight is 223 g/mol. The second-order valence-electron chi connectivity index (χ2n) is 2.77.